The van der Waals surface area contributed by atoms with E-state index in [4.69, 9.17) is 10.8 Å². The molecule has 0 aromatic heterocycles. The van der Waals surface area contributed by atoms with E-state index in [1.54, 1.807) is 6.92 Å². The molecule has 5 heteroatoms. The highest BCUT2D eigenvalue weighted by Gasteiger charge is 2.11. The number of carboxylic acids is 1. The molecule has 1 amide bonds. The third kappa shape index (κ3) is 6.42. The molecule has 0 aliphatic heterocycles. The fraction of sp³-hybridized carbons (Fsp3) is 0.778. The molecule has 2 unspecified atom stereocenters. The molecular formula is C9H18N2O3. The second-order valence-corrected chi connectivity index (χ2v) is 3.56. The molecule has 0 aromatic rings. The van der Waals surface area contributed by atoms with E-state index in [0.29, 0.717) is 12.8 Å². The Kier molecular flexibility index (Phi) is 5.87. The second kappa shape index (κ2) is 6.37. The van der Waals surface area contributed by atoms with Crippen molar-refractivity contribution < 1.29 is 14.7 Å². The Hall–Kier alpha value is -1.10. The Morgan fingerprint density at radius 1 is 1.43 bits per heavy atom. The van der Waals surface area contributed by atoms with Gasteiger partial charge in [-0.05, 0) is 13.3 Å². The molecule has 82 valence electrons. The smallest absolute Gasteiger partial charge is 0.308 e. The number of nitrogens with one attached hydrogen (secondary N) is 1. The van der Waals surface area contributed by atoms with Gasteiger partial charge in [0, 0.05) is 19.0 Å². The number of carboxylic acid groups (broad SMARTS) is 1. The minimum Gasteiger partial charge on any atom is -0.481 e. The summed E-state index contributed by atoms with van der Waals surface area (Å²) in [6.07, 6.45) is 0.970. The van der Waals surface area contributed by atoms with E-state index in [9.17, 15) is 9.59 Å². The van der Waals surface area contributed by atoms with Gasteiger partial charge in [0.05, 0.1) is 5.92 Å². The molecule has 0 bridgehead atoms. The monoisotopic (exact) mass is 202 g/mol. The van der Waals surface area contributed by atoms with E-state index in [1.165, 1.54) is 0 Å². The van der Waals surface area contributed by atoms with E-state index in [0.717, 1.165) is 0 Å². The SMILES string of the molecule is CC(N)CCC(=O)NCC(C)C(=O)O. The molecule has 5 nitrogen and oxygen atoms in total. The van der Waals surface area contributed by atoms with Gasteiger partial charge in [-0.25, -0.2) is 0 Å². The van der Waals surface area contributed by atoms with Crippen molar-refractivity contribution in [2.75, 3.05) is 6.54 Å². The lowest BCUT2D eigenvalue weighted by Gasteiger charge is -2.09. The van der Waals surface area contributed by atoms with Crippen molar-refractivity contribution in [3.63, 3.8) is 0 Å². The summed E-state index contributed by atoms with van der Waals surface area (Å²) in [7, 11) is 0. The lowest BCUT2D eigenvalue weighted by Crippen LogP contribution is -2.32. The summed E-state index contributed by atoms with van der Waals surface area (Å²) >= 11 is 0. The molecule has 14 heavy (non-hydrogen) atoms. The lowest BCUT2D eigenvalue weighted by atomic mass is 10.1. The lowest BCUT2D eigenvalue weighted by molar-refractivity contribution is -0.141. The summed E-state index contributed by atoms with van der Waals surface area (Å²) in [5, 5.41) is 11.1. The summed E-state index contributed by atoms with van der Waals surface area (Å²) in [6.45, 7) is 3.55. The molecule has 2 atom stereocenters. The molecular weight excluding hydrogens is 184 g/mol. The highest BCUT2D eigenvalue weighted by Crippen LogP contribution is 1.95. The van der Waals surface area contributed by atoms with Crippen molar-refractivity contribution in [2.24, 2.45) is 11.7 Å². The Balaban J connectivity index is 3.59. The van der Waals surface area contributed by atoms with Crippen molar-refractivity contribution in [1.82, 2.24) is 5.32 Å². The van der Waals surface area contributed by atoms with Crippen LogP contribution in [0.25, 0.3) is 0 Å². The van der Waals surface area contributed by atoms with Crippen molar-refractivity contribution in [2.45, 2.75) is 32.7 Å². The molecule has 0 aliphatic rings. The first-order valence-electron chi connectivity index (χ1n) is 4.68. The normalized spacial score (nSPS) is 14.5. The van der Waals surface area contributed by atoms with Crippen LogP contribution in [0.2, 0.25) is 0 Å². The Bertz CT molecular complexity index is 204. The summed E-state index contributed by atoms with van der Waals surface area (Å²) in [4.78, 5) is 21.5. The topological polar surface area (TPSA) is 92.4 Å². The molecule has 0 saturated heterocycles. The van der Waals surface area contributed by atoms with Gasteiger partial charge in [-0.15, -0.1) is 0 Å². The van der Waals surface area contributed by atoms with Crippen LogP contribution in [0.5, 0.6) is 0 Å². The Morgan fingerprint density at radius 2 is 2.00 bits per heavy atom. The van der Waals surface area contributed by atoms with Crippen molar-refractivity contribution in [1.29, 1.82) is 0 Å². The molecule has 0 spiro atoms. The van der Waals surface area contributed by atoms with Gasteiger partial charge in [0.2, 0.25) is 5.91 Å². The number of hydrogen-bond donors (Lipinski definition) is 3. The maximum Gasteiger partial charge on any atom is 0.308 e. The third-order valence-corrected chi connectivity index (χ3v) is 1.85. The number of aliphatic carboxylic acids is 1. The fourth-order valence-electron chi connectivity index (χ4n) is 0.801. The van der Waals surface area contributed by atoms with Crippen LogP contribution in [-0.2, 0) is 9.59 Å². The van der Waals surface area contributed by atoms with Gasteiger partial charge in [-0.2, -0.15) is 0 Å². The van der Waals surface area contributed by atoms with Gasteiger partial charge in [0.15, 0.2) is 0 Å². The van der Waals surface area contributed by atoms with Crippen LogP contribution in [0.3, 0.4) is 0 Å². The third-order valence-electron chi connectivity index (χ3n) is 1.85. The van der Waals surface area contributed by atoms with Crippen LogP contribution in [-0.4, -0.2) is 29.6 Å². The molecule has 4 N–H and O–H groups in total. The van der Waals surface area contributed by atoms with Gasteiger partial charge >= 0.3 is 5.97 Å². The van der Waals surface area contributed by atoms with Crippen LogP contribution in [0.4, 0.5) is 0 Å². The van der Waals surface area contributed by atoms with E-state index < -0.39 is 11.9 Å². The molecule has 0 aromatic carbocycles. The number of carbonyl (C=O) groups is 2. The van der Waals surface area contributed by atoms with Crippen LogP contribution in [0, 0.1) is 5.92 Å². The second-order valence-electron chi connectivity index (χ2n) is 3.56. The van der Waals surface area contributed by atoms with Gasteiger partial charge < -0.3 is 16.2 Å². The first kappa shape index (κ1) is 12.9. The number of amides is 1. The molecule has 0 fully saturated rings. The zero-order valence-electron chi connectivity index (χ0n) is 8.62. The molecule has 0 rings (SSSR count). The standard InChI is InChI=1S/C9H18N2O3/c1-6(9(13)14)5-11-8(12)4-3-7(2)10/h6-7H,3-5,10H2,1-2H3,(H,11,12)(H,13,14). The zero-order chi connectivity index (χ0) is 11.1. The predicted octanol–water partition coefficient (Wildman–Crippen LogP) is -0.0493. The van der Waals surface area contributed by atoms with E-state index >= 15 is 0 Å². The van der Waals surface area contributed by atoms with Crippen LogP contribution >= 0.6 is 0 Å². The predicted molar refractivity (Wildman–Crippen MR) is 52.7 cm³/mol. The average Bonchev–Trinajstić information content (AvgIpc) is 2.10. The van der Waals surface area contributed by atoms with Gasteiger partial charge in [-0.1, -0.05) is 6.92 Å². The molecule has 0 saturated carbocycles. The quantitative estimate of drug-likeness (QED) is 0.563. The fourth-order valence-corrected chi connectivity index (χ4v) is 0.801. The van der Waals surface area contributed by atoms with Crippen LogP contribution in [0.1, 0.15) is 26.7 Å². The maximum absolute atomic E-state index is 11.1. The van der Waals surface area contributed by atoms with Gasteiger partial charge in [0.25, 0.3) is 0 Å². The Morgan fingerprint density at radius 3 is 2.43 bits per heavy atom. The molecule has 0 heterocycles. The summed E-state index contributed by atoms with van der Waals surface area (Å²) in [5.41, 5.74) is 5.47. The van der Waals surface area contributed by atoms with Crippen LogP contribution in [0.15, 0.2) is 0 Å². The summed E-state index contributed by atoms with van der Waals surface area (Å²) in [5.74, 6) is -1.60. The first-order chi connectivity index (χ1) is 6.43. The van der Waals surface area contributed by atoms with Gasteiger partial charge in [-0.3, -0.25) is 9.59 Å². The average molecular weight is 202 g/mol. The van der Waals surface area contributed by atoms with Crippen molar-refractivity contribution in [3.8, 4) is 0 Å². The Labute approximate surface area is 83.7 Å². The van der Waals surface area contributed by atoms with Gasteiger partial charge in [0.1, 0.15) is 0 Å². The van der Waals surface area contributed by atoms with Crippen molar-refractivity contribution in [3.05, 3.63) is 0 Å². The van der Waals surface area contributed by atoms with Crippen molar-refractivity contribution >= 4 is 11.9 Å². The zero-order valence-corrected chi connectivity index (χ0v) is 8.62. The maximum atomic E-state index is 11.1. The van der Waals surface area contributed by atoms with E-state index in [2.05, 4.69) is 5.32 Å². The van der Waals surface area contributed by atoms with Crippen LogP contribution < -0.4 is 11.1 Å². The highest BCUT2D eigenvalue weighted by molar-refractivity contribution is 5.77. The largest absolute Gasteiger partial charge is 0.481 e. The highest BCUT2D eigenvalue weighted by atomic mass is 16.4. The molecule has 0 aliphatic carbocycles. The minimum atomic E-state index is -0.905. The summed E-state index contributed by atoms with van der Waals surface area (Å²) in [6, 6.07) is -0.00218. The number of nitrogens with two attached hydrogens (primary N) is 1. The number of rotatable bonds is 6. The van der Waals surface area contributed by atoms with E-state index in [-0.39, 0.29) is 18.5 Å². The first-order valence-corrected chi connectivity index (χ1v) is 4.68. The number of hydrogen-bond acceptors (Lipinski definition) is 3. The van der Waals surface area contributed by atoms with E-state index in [1.807, 2.05) is 6.92 Å². The summed E-state index contributed by atoms with van der Waals surface area (Å²) < 4.78 is 0. The molecule has 0 radical (unpaired) electrons. The minimum absolute atomic E-state index is 0.00218. The number of carbonyl (C=O) groups excluding carboxylic acids is 1.